The highest BCUT2D eigenvalue weighted by Crippen LogP contribution is 2.31. The van der Waals surface area contributed by atoms with Gasteiger partial charge in [0, 0.05) is 35.6 Å². The first-order valence-corrected chi connectivity index (χ1v) is 12.7. The van der Waals surface area contributed by atoms with E-state index in [1.807, 2.05) is 30.9 Å². The van der Waals surface area contributed by atoms with Crippen LogP contribution < -0.4 is 10.1 Å². The molecule has 0 saturated carbocycles. The third-order valence-corrected chi connectivity index (χ3v) is 6.91. The number of thiazole rings is 1. The highest BCUT2D eigenvalue weighted by atomic mass is 32.1. The van der Waals surface area contributed by atoms with E-state index in [1.54, 1.807) is 41.8 Å². The van der Waals surface area contributed by atoms with Crippen molar-refractivity contribution in [1.29, 1.82) is 0 Å². The highest BCUT2D eigenvalue weighted by molar-refractivity contribution is 7.10. The number of esters is 1. The number of ether oxygens (including phenoxy) is 2. The van der Waals surface area contributed by atoms with E-state index in [-0.39, 0.29) is 23.8 Å². The molecular formula is C27H29N3O5S. The van der Waals surface area contributed by atoms with Crippen molar-refractivity contribution in [3.8, 4) is 5.75 Å². The van der Waals surface area contributed by atoms with Gasteiger partial charge in [-0.15, -0.1) is 11.3 Å². The maximum Gasteiger partial charge on any atom is 0.337 e. The van der Waals surface area contributed by atoms with Crippen LogP contribution in [0.15, 0.2) is 53.9 Å². The number of aromatic nitrogens is 1. The second kappa shape index (κ2) is 11.3. The molecule has 0 unspecified atom stereocenters. The summed E-state index contributed by atoms with van der Waals surface area (Å²) in [7, 11) is 1.31. The van der Waals surface area contributed by atoms with Crippen molar-refractivity contribution in [3.63, 3.8) is 0 Å². The third kappa shape index (κ3) is 6.09. The summed E-state index contributed by atoms with van der Waals surface area (Å²) in [5, 5.41) is 5.42. The quantitative estimate of drug-likeness (QED) is 0.453. The van der Waals surface area contributed by atoms with Gasteiger partial charge in [-0.1, -0.05) is 6.07 Å². The van der Waals surface area contributed by atoms with Crippen molar-refractivity contribution < 1.29 is 23.9 Å². The van der Waals surface area contributed by atoms with Crippen LogP contribution in [0.1, 0.15) is 68.8 Å². The Morgan fingerprint density at radius 1 is 1.06 bits per heavy atom. The molecule has 0 aliphatic carbocycles. The number of methoxy groups -OCH3 is 1. The summed E-state index contributed by atoms with van der Waals surface area (Å²) >= 11 is 1.46. The standard InChI is InChI=1S/C27H29N3O5S/c1-17(2)35-22-9-7-19(8-10-22)26(32)30-13-11-18(12-14-30)25-29-23(16-36-25)24(31)28-21-6-4-5-20(15-21)27(33)34-3/h4-10,15-18H,11-14H2,1-3H3,(H,28,31). The van der Waals surface area contributed by atoms with E-state index in [0.717, 1.165) is 23.6 Å². The molecule has 2 amide bonds. The lowest BCUT2D eigenvalue weighted by Gasteiger charge is -2.31. The molecule has 36 heavy (non-hydrogen) atoms. The highest BCUT2D eigenvalue weighted by Gasteiger charge is 2.27. The molecule has 4 rings (SSSR count). The average molecular weight is 508 g/mol. The number of carbonyl (C=O) groups excluding carboxylic acids is 3. The Morgan fingerprint density at radius 3 is 2.44 bits per heavy atom. The van der Waals surface area contributed by atoms with Gasteiger partial charge in [-0.2, -0.15) is 0 Å². The topological polar surface area (TPSA) is 97.8 Å². The van der Waals surface area contributed by atoms with Crippen LogP contribution in [0.4, 0.5) is 5.69 Å². The molecule has 1 fully saturated rings. The molecule has 0 atom stereocenters. The fraction of sp³-hybridized carbons (Fsp3) is 0.333. The molecule has 1 aliphatic rings. The van der Waals surface area contributed by atoms with E-state index in [4.69, 9.17) is 9.47 Å². The maximum atomic E-state index is 12.9. The average Bonchev–Trinajstić information content (AvgIpc) is 3.39. The van der Waals surface area contributed by atoms with Gasteiger partial charge in [-0.05, 0) is 69.2 Å². The smallest absolute Gasteiger partial charge is 0.337 e. The summed E-state index contributed by atoms with van der Waals surface area (Å²) in [5.74, 6) is 0.157. The van der Waals surface area contributed by atoms with Gasteiger partial charge in [0.2, 0.25) is 0 Å². The Balaban J connectivity index is 1.32. The van der Waals surface area contributed by atoms with Gasteiger partial charge in [-0.25, -0.2) is 9.78 Å². The number of nitrogens with one attached hydrogen (secondary N) is 1. The fourth-order valence-electron chi connectivity index (χ4n) is 4.08. The molecule has 3 aromatic rings. The predicted octanol–water partition coefficient (Wildman–Crippen LogP) is 4.99. The molecule has 8 nitrogen and oxygen atoms in total. The minimum absolute atomic E-state index is 0.0120. The van der Waals surface area contributed by atoms with Crippen molar-refractivity contribution in [2.24, 2.45) is 0 Å². The summed E-state index contributed by atoms with van der Waals surface area (Å²) in [6.45, 7) is 5.20. The molecule has 1 aliphatic heterocycles. The summed E-state index contributed by atoms with van der Waals surface area (Å²) in [4.78, 5) is 43.8. The second-order valence-electron chi connectivity index (χ2n) is 8.85. The molecule has 0 radical (unpaired) electrons. The van der Waals surface area contributed by atoms with E-state index in [1.165, 1.54) is 18.4 Å². The summed E-state index contributed by atoms with van der Waals surface area (Å²) in [6, 6.07) is 13.8. The molecule has 2 heterocycles. The van der Waals surface area contributed by atoms with Crippen LogP contribution >= 0.6 is 11.3 Å². The molecule has 1 saturated heterocycles. The molecule has 1 N–H and O–H groups in total. The number of hydrogen-bond acceptors (Lipinski definition) is 7. The number of rotatable bonds is 7. The Bertz CT molecular complexity index is 1230. The van der Waals surface area contributed by atoms with Gasteiger partial charge in [-0.3, -0.25) is 9.59 Å². The van der Waals surface area contributed by atoms with Gasteiger partial charge in [0.15, 0.2) is 0 Å². The number of nitrogens with zero attached hydrogens (tertiary/aromatic N) is 2. The Morgan fingerprint density at radius 2 is 1.78 bits per heavy atom. The van der Waals surface area contributed by atoms with Crippen LogP contribution in [0.2, 0.25) is 0 Å². The molecular weight excluding hydrogens is 478 g/mol. The van der Waals surface area contributed by atoms with Crippen molar-refractivity contribution in [2.75, 3.05) is 25.5 Å². The SMILES string of the molecule is COC(=O)c1cccc(NC(=O)c2csc(C3CCN(C(=O)c4ccc(OC(C)C)cc4)CC3)n2)c1. The number of amides is 2. The summed E-state index contributed by atoms with van der Waals surface area (Å²) in [6.07, 6.45) is 1.66. The van der Waals surface area contributed by atoms with Gasteiger partial charge < -0.3 is 19.7 Å². The van der Waals surface area contributed by atoms with Crippen molar-refractivity contribution >= 4 is 34.8 Å². The first-order valence-electron chi connectivity index (χ1n) is 11.8. The number of carbonyl (C=O) groups is 3. The molecule has 1 aromatic heterocycles. The summed E-state index contributed by atoms with van der Waals surface area (Å²) < 4.78 is 10.4. The summed E-state index contributed by atoms with van der Waals surface area (Å²) in [5.41, 5.74) is 1.83. The monoisotopic (exact) mass is 507 g/mol. The zero-order valence-corrected chi connectivity index (χ0v) is 21.3. The number of piperidine rings is 1. The third-order valence-electron chi connectivity index (χ3n) is 5.90. The minimum Gasteiger partial charge on any atom is -0.491 e. The number of anilines is 1. The largest absolute Gasteiger partial charge is 0.491 e. The van der Waals surface area contributed by atoms with E-state index in [2.05, 4.69) is 10.3 Å². The lowest BCUT2D eigenvalue weighted by Crippen LogP contribution is -2.37. The normalized spacial score (nSPS) is 13.9. The van der Waals surface area contributed by atoms with Crippen LogP contribution in [-0.2, 0) is 4.74 Å². The van der Waals surface area contributed by atoms with E-state index in [9.17, 15) is 14.4 Å². The molecule has 2 aromatic carbocycles. The lowest BCUT2D eigenvalue weighted by atomic mass is 9.97. The van der Waals surface area contributed by atoms with Gasteiger partial charge >= 0.3 is 5.97 Å². The Labute approximate surface area is 214 Å². The number of likely N-dealkylation sites (tertiary alicyclic amines) is 1. The molecule has 9 heteroatoms. The predicted molar refractivity (Wildman–Crippen MR) is 138 cm³/mol. The fourth-order valence-corrected chi connectivity index (χ4v) is 5.05. The Kier molecular flexibility index (Phi) is 8.00. The van der Waals surface area contributed by atoms with Crippen LogP contribution in [-0.4, -0.2) is 54.0 Å². The van der Waals surface area contributed by atoms with E-state index in [0.29, 0.717) is 35.6 Å². The number of hydrogen-bond donors (Lipinski definition) is 1. The Hall–Kier alpha value is -3.72. The van der Waals surface area contributed by atoms with Gasteiger partial charge in [0.1, 0.15) is 11.4 Å². The first-order chi connectivity index (χ1) is 17.3. The zero-order chi connectivity index (χ0) is 25.7. The van der Waals surface area contributed by atoms with Crippen molar-refractivity contribution in [3.05, 3.63) is 75.7 Å². The first kappa shape index (κ1) is 25.4. The van der Waals surface area contributed by atoms with Gasteiger partial charge in [0.05, 0.1) is 23.8 Å². The van der Waals surface area contributed by atoms with Crippen LogP contribution in [0.25, 0.3) is 0 Å². The van der Waals surface area contributed by atoms with Crippen molar-refractivity contribution in [1.82, 2.24) is 9.88 Å². The zero-order valence-electron chi connectivity index (χ0n) is 20.5. The minimum atomic E-state index is -0.468. The van der Waals surface area contributed by atoms with Crippen LogP contribution in [0.5, 0.6) is 5.75 Å². The van der Waals surface area contributed by atoms with Crippen molar-refractivity contribution in [2.45, 2.75) is 38.7 Å². The maximum absolute atomic E-state index is 12.9. The molecule has 0 bridgehead atoms. The van der Waals surface area contributed by atoms with Gasteiger partial charge in [0.25, 0.3) is 11.8 Å². The van der Waals surface area contributed by atoms with Crippen LogP contribution in [0.3, 0.4) is 0 Å². The van der Waals surface area contributed by atoms with E-state index < -0.39 is 5.97 Å². The second-order valence-corrected chi connectivity index (χ2v) is 9.74. The number of benzene rings is 2. The van der Waals surface area contributed by atoms with Crippen LogP contribution in [0, 0.1) is 0 Å². The molecule has 188 valence electrons. The molecule has 0 spiro atoms. The van der Waals surface area contributed by atoms with E-state index >= 15 is 0 Å². The lowest BCUT2D eigenvalue weighted by molar-refractivity contribution is 0.0600.